The van der Waals surface area contributed by atoms with Gasteiger partial charge in [-0.2, -0.15) is 0 Å². The number of amides is 1. The van der Waals surface area contributed by atoms with Crippen molar-refractivity contribution in [3.05, 3.63) is 12.2 Å². The van der Waals surface area contributed by atoms with Crippen LogP contribution >= 0.6 is 0 Å². The zero-order chi connectivity index (χ0) is 17.8. The third kappa shape index (κ3) is 4.09. The Morgan fingerprint density at radius 1 is 1.17 bits per heavy atom. The molecule has 1 aliphatic heterocycles. The minimum absolute atomic E-state index is 0.0392. The highest BCUT2D eigenvalue weighted by Gasteiger charge is 2.55. The molecule has 4 heteroatoms. The van der Waals surface area contributed by atoms with Crippen molar-refractivity contribution in [3.8, 4) is 0 Å². The minimum Gasteiger partial charge on any atom is -0.444 e. The molecule has 134 valence electrons. The second kappa shape index (κ2) is 8.18. The van der Waals surface area contributed by atoms with E-state index in [2.05, 4.69) is 12.2 Å². The molecule has 1 amide bonds. The van der Waals surface area contributed by atoms with Crippen molar-refractivity contribution in [2.45, 2.75) is 66.5 Å². The number of carbonyl (C=O) groups excluding carboxylic acids is 1. The standard InChI is InChI=1S/C15H23NO3.2C2H6/c1-15(2,3)19-14(18)16-7-11-9-4-5-10(6-9)13(11)12(16)8-17;2*1-2/h4-5,9-13,17H,6-8H2,1-3H3;2*1-2H3. The molecule has 0 radical (unpaired) electrons. The quantitative estimate of drug-likeness (QED) is 0.739. The predicted molar refractivity (Wildman–Crippen MR) is 94.2 cm³/mol. The molecule has 0 aromatic rings. The highest BCUT2D eigenvalue weighted by atomic mass is 16.6. The molecule has 4 nitrogen and oxygen atoms in total. The van der Waals surface area contributed by atoms with E-state index in [-0.39, 0.29) is 18.7 Å². The number of likely N-dealkylation sites (tertiary alicyclic amines) is 1. The number of nitrogens with zero attached hydrogens (tertiary/aromatic N) is 1. The highest BCUT2D eigenvalue weighted by molar-refractivity contribution is 5.69. The lowest BCUT2D eigenvalue weighted by Crippen LogP contribution is -2.44. The van der Waals surface area contributed by atoms with Crippen LogP contribution in [0, 0.1) is 23.7 Å². The lowest BCUT2D eigenvalue weighted by atomic mass is 9.82. The van der Waals surface area contributed by atoms with Crippen molar-refractivity contribution in [2.75, 3.05) is 13.2 Å². The van der Waals surface area contributed by atoms with Crippen LogP contribution in [0.3, 0.4) is 0 Å². The maximum atomic E-state index is 12.3. The van der Waals surface area contributed by atoms with E-state index < -0.39 is 5.60 Å². The fraction of sp³-hybridized carbons (Fsp3) is 0.842. The Kier molecular flexibility index (Phi) is 7.12. The number of fused-ring (bicyclic) bond motifs is 5. The second-order valence-electron chi connectivity index (χ2n) is 7.07. The number of rotatable bonds is 1. The van der Waals surface area contributed by atoms with Gasteiger partial charge >= 0.3 is 6.09 Å². The normalized spacial score (nSPS) is 33.4. The number of hydrogen-bond acceptors (Lipinski definition) is 3. The Morgan fingerprint density at radius 2 is 1.74 bits per heavy atom. The van der Waals surface area contributed by atoms with Gasteiger partial charge in [0.25, 0.3) is 0 Å². The van der Waals surface area contributed by atoms with Crippen LogP contribution in [0.2, 0.25) is 0 Å². The van der Waals surface area contributed by atoms with Gasteiger partial charge in [-0.1, -0.05) is 39.8 Å². The van der Waals surface area contributed by atoms with E-state index in [9.17, 15) is 9.90 Å². The molecule has 1 saturated heterocycles. The first kappa shape index (κ1) is 20.0. The lowest BCUT2D eigenvalue weighted by molar-refractivity contribution is 0.0130. The summed E-state index contributed by atoms with van der Waals surface area (Å²) < 4.78 is 5.47. The van der Waals surface area contributed by atoms with Crippen molar-refractivity contribution in [2.24, 2.45) is 23.7 Å². The molecular weight excluding hydrogens is 290 g/mol. The molecule has 5 atom stereocenters. The van der Waals surface area contributed by atoms with Crippen molar-refractivity contribution in [1.82, 2.24) is 4.90 Å². The fourth-order valence-electron chi connectivity index (χ4n) is 4.11. The van der Waals surface area contributed by atoms with Gasteiger partial charge in [-0.15, -0.1) is 0 Å². The summed E-state index contributed by atoms with van der Waals surface area (Å²) in [7, 11) is 0. The summed E-state index contributed by atoms with van der Waals surface area (Å²) in [6.07, 6.45) is 5.49. The molecule has 1 heterocycles. The summed E-state index contributed by atoms with van der Waals surface area (Å²) >= 11 is 0. The number of hydrogen-bond donors (Lipinski definition) is 1. The summed E-state index contributed by atoms with van der Waals surface area (Å²) in [5.74, 6) is 2.07. The molecule has 3 aliphatic rings. The number of carbonyl (C=O) groups is 1. The van der Waals surface area contributed by atoms with Crippen LogP contribution < -0.4 is 0 Å². The van der Waals surface area contributed by atoms with Gasteiger partial charge in [-0.05, 0) is 50.9 Å². The van der Waals surface area contributed by atoms with Crippen molar-refractivity contribution in [1.29, 1.82) is 0 Å². The highest BCUT2D eigenvalue weighted by Crippen LogP contribution is 2.53. The Balaban J connectivity index is 0.000000615. The molecule has 5 unspecified atom stereocenters. The van der Waals surface area contributed by atoms with Gasteiger partial charge in [0.15, 0.2) is 0 Å². The lowest BCUT2D eigenvalue weighted by Gasteiger charge is -2.30. The topological polar surface area (TPSA) is 49.8 Å². The monoisotopic (exact) mass is 325 g/mol. The zero-order valence-electron chi connectivity index (χ0n) is 15.9. The van der Waals surface area contributed by atoms with Gasteiger partial charge in [0.2, 0.25) is 0 Å². The number of aliphatic hydroxyl groups excluding tert-OH is 1. The third-order valence-electron chi connectivity index (χ3n) is 4.76. The molecule has 23 heavy (non-hydrogen) atoms. The molecule has 0 spiro atoms. The van der Waals surface area contributed by atoms with Gasteiger partial charge in [-0.3, -0.25) is 0 Å². The van der Waals surface area contributed by atoms with E-state index in [1.54, 1.807) is 4.90 Å². The number of ether oxygens (including phenoxy) is 1. The van der Waals surface area contributed by atoms with Crippen LogP contribution in [-0.2, 0) is 4.74 Å². The van der Waals surface area contributed by atoms with Crippen LogP contribution in [0.25, 0.3) is 0 Å². The summed E-state index contributed by atoms with van der Waals surface area (Å²) in [6, 6.07) is -0.0696. The fourth-order valence-corrected chi connectivity index (χ4v) is 4.11. The van der Waals surface area contributed by atoms with E-state index in [0.29, 0.717) is 23.7 Å². The first-order chi connectivity index (χ1) is 10.9. The molecule has 2 bridgehead atoms. The van der Waals surface area contributed by atoms with Crippen molar-refractivity contribution < 1.29 is 14.6 Å². The van der Waals surface area contributed by atoms with Crippen LogP contribution in [0.4, 0.5) is 4.79 Å². The van der Waals surface area contributed by atoms with Crippen LogP contribution in [0.5, 0.6) is 0 Å². The van der Waals surface area contributed by atoms with Crippen molar-refractivity contribution in [3.63, 3.8) is 0 Å². The molecule has 3 rings (SSSR count). The second-order valence-corrected chi connectivity index (χ2v) is 7.07. The first-order valence-electron chi connectivity index (χ1n) is 9.19. The predicted octanol–water partition coefficient (Wildman–Crippen LogP) is 4.09. The molecular formula is C19H35NO3. The summed E-state index contributed by atoms with van der Waals surface area (Å²) in [5, 5.41) is 9.69. The molecule has 1 saturated carbocycles. The smallest absolute Gasteiger partial charge is 0.410 e. The van der Waals surface area contributed by atoms with Gasteiger partial charge in [0.1, 0.15) is 5.60 Å². The van der Waals surface area contributed by atoms with Crippen LogP contribution in [-0.4, -0.2) is 40.9 Å². The van der Waals surface area contributed by atoms with E-state index >= 15 is 0 Å². The molecule has 0 aromatic heterocycles. The zero-order valence-corrected chi connectivity index (χ0v) is 15.9. The molecule has 1 N–H and O–H groups in total. The molecule has 0 aromatic carbocycles. The van der Waals surface area contributed by atoms with Crippen molar-refractivity contribution >= 4 is 6.09 Å². The minimum atomic E-state index is -0.480. The van der Waals surface area contributed by atoms with Crippen LogP contribution in [0.1, 0.15) is 54.9 Å². The summed E-state index contributed by atoms with van der Waals surface area (Å²) in [4.78, 5) is 14.0. The first-order valence-corrected chi connectivity index (χ1v) is 9.19. The summed E-state index contributed by atoms with van der Waals surface area (Å²) in [6.45, 7) is 14.4. The van der Waals surface area contributed by atoms with E-state index in [1.807, 2.05) is 48.5 Å². The van der Waals surface area contributed by atoms with Gasteiger partial charge in [0.05, 0.1) is 12.6 Å². The molecule has 2 aliphatic carbocycles. The summed E-state index contributed by atoms with van der Waals surface area (Å²) in [5.41, 5.74) is -0.480. The Hall–Kier alpha value is -1.03. The van der Waals surface area contributed by atoms with Gasteiger partial charge in [0, 0.05) is 6.54 Å². The number of allylic oxidation sites excluding steroid dienone is 2. The Labute approximate surface area is 141 Å². The number of aliphatic hydroxyl groups is 1. The van der Waals surface area contributed by atoms with E-state index in [4.69, 9.17) is 4.74 Å². The largest absolute Gasteiger partial charge is 0.444 e. The average Bonchev–Trinajstić information content (AvgIpc) is 3.21. The van der Waals surface area contributed by atoms with E-state index in [1.165, 1.54) is 6.42 Å². The van der Waals surface area contributed by atoms with Gasteiger partial charge in [-0.25, -0.2) is 4.79 Å². The third-order valence-corrected chi connectivity index (χ3v) is 4.76. The maximum absolute atomic E-state index is 12.3. The van der Waals surface area contributed by atoms with E-state index in [0.717, 1.165) is 6.54 Å². The SMILES string of the molecule is CC.CC.CC(C)(C)OC(=O)N1CC2C3C=CC(C3)C2C1CO. The van der Waals surface area contributed by atoms with Gasteiger partial charge < -0.3 is 14.7 Å². The molecule has 2 fully saturated rings. The Morgan fingerprint density at radius 3 is 2.26 bits per heavy atom. The average molecular weight is 325 g/mol. The van der Waals surface area contributed by atoms with Crippen LogP contribution in [0.15, 0.2) is 12.2 Å². The Bertz CT molecular complexity index is 413. The maximum Gasteiger partial charge on any atom is 0.410 e.